The summed E-state index contributed by atoms with van der Waals surface area (Å²) < 4.78 is 5.20. The predicted octanol–water partition coefficient (Wildman–Crippen LogP) is -0.151. The average Bonchev–Trinajstić information content (AvgIpc) is 2.98. The van der Waals surface area contributed by atoms with Crippen LogP contribution in [0.2, 0.25) is 0 Å². The number of rotatable bonds is 7. The molecule has 1 aliphatic heterocycles. The number of pyridine rings is 1. The zero-order valence-corrected chi connectivity index (χ0v) is 16.8. The maximum Gasteiger partial charge on any atom is 0.295 e. The van der Waals surface area contributed by atoms with Crippen LogP contribution in [0.1, 0.15) is 23.6 Å². The molecule has 7 nitrogen and oxygen atoms in total. The molecule has 1 aromatic carbocycles. The van der Waals surface area contributed by atoms with Crippen molar-refractivity contribution in [2.24, 2.45) is 0 Å². The minimum Gasteiger partial charge on any atom is -0.872 e. The van der Waals surface area contributed by atoms with Crippen molar-refractivity contribution in [3.63, 3.8) is 0 Å². The maximum absolute atomic E-state index is 13.1. The topological polar surface area (TPSA) is 87.0 Å². The van der Waals surface area contributed by atoms with Gasteiger partial charge in [-0.15, -0.1) is 0 Å². The van der Waals surface area contributed by atoms with Gasteiger partial charge in [-0.05, 0) is 35.4 Å². The van der Waals surface area contributed by atoms with E-state index in [9.17, 15) is 14.7 Å². The second kappa shape index (κ2) is 8.87. The minimum absolute atomic E-state index is 0.0106. The van der Waals surface area contributed by atoms with Crippen molar-refractivity contribution in [1.29, 1.82) is 0 Å². The van der Waals surface area contributed by atoms with E-state index in [1.165, 1.54) is 22.2 Å². The average molecular weight is 395 g/mol. The molecule has 1 aliphatic rings. The summed E-state index contributed by atoms with van der Waals surface area (Å²) >= 11 is 0. The molecule has 0 saturated carbocycles. The van der Waals surface area contributed by atoms with Crippen LogP contribution in [0.4, 0.5) is 0 Å². The molecule has 1 aromatic heterocycles. The maximum atomic E-state index is 13.1. The number of quaternary nitrogens is 1. The number of hydrogen-bond acceptors (Lipinski definition) is 5. The Morgan fingerprint density at radius 1 is 1.14 bits per heavy atom. The number of carbonyl (C=O) groups is 2. The van der Waals surface area contributed by atoms with Crippen LogP contribution in [0.15, 0.2) is 54.4 Å². The summed E-state index contributed by atoms with van der Waals surface area (Å²) in [6, 6.07) is 9.50. The van der Waals surface area contributed by atoms with Gasteiger partial charge in [0.15, 0.2) is 0 Å². The molecule has 3 rings (SSSR count). The van der Waals surface area contributed by atoms with Crippen molar-refractivity contribution in [2.75, 3.05) is 34.3 Å². The Morgan fingerprint density at radius 3 is 2.38 bits per heavy atom. The molecular weight excluding hydrogens is 370 g/mol. The van der Waals surface area contributed by atoms with Gasteiger partial charge in [0.05, 0.1) is 33.8 Å². The summed E-state index contributed by atoms with van der Waals surface area (Å²) in [7, 11) is 5.63. The number of aromatic nitrogens is 1. The van der Waals surface area contributed by atoms with E-state index >= 15 is 0 Å². The molecule has 0 aliphatic carbocycles. The van der Waals surface area contributed by atoms with Crippen molar-refractivity contribution in [3.8, 4) is 5.75 Å². The zero-order valence-electron chi connectivity index (χ0n) is 16.8. The Kier molecular flexibility index (Phi) is 6.29. The minimum atomic E-state index is -0.732. The molecule has 1 unspecified atom stereocenters. The van der Waals surface area contributed by atoms with Crippen LogP contribution in [0.25, 0.3) is 5.76 Å². The predicted molar refractivity (Wildman–Crippen MR) is 106 cm³/mol. The summed E-state index contributed by atoms with van der Waals surface area (Å²) in [6.07, 6.45) is 3.72. The summed E-state index contributed by atoms with van der Waals surface area (Å²) in [5.41, 5.74) is 1.04. The Hall–Kier alpha value is -3.19. The molecule has 2 heterocycles. The Morgan fingerprint density at radius 2 is 1.79 bits per heavy atom. The molecule has 0 spiro atoms. The smallest absolute Gasteiger partial charge is 0.295 e. The summed E-state index contributed by atoms with van der Waals surface area (Å²) in [6.45, 7) is 1.25. The molecular formula is C22H25N3O4. The fraction of sp³-hybridized carbons (Fsp3) is 0.318. The molecule has 1 saturated heterocycles. The second-order valence-corrected chi connectivity index (χ2v) is 7.29. The first kappa shape index (κ1) is 20.5. The standard InChI is InChI=1S/C22H25N3O4/c1-24(2)13-4-14-25-19(15-5-7-17(29-3)8-6-15)18(21(27)22(25)28)20(26)16-9-11-23-12-10-16/h5-12,19,26H,4,13-14H2,1-3H3. The molecule has 7 heteroatoms. The van der Waals surface area contributed by atoms with Gasteiger partial charge in [-0.25, -0.2) is 0 Å². The summed E-state index contributed by atoms with van der Waals surface area (Å²) in [5, 5.41) is 13.1. The van der Waals surface area contributed by atoms with E-state index in [1.807, 2.05) is 14.1 Å². The first-order valence-electron chi connectivity index (χ1n) is 9.54. The Balaban J connectivity index is 2.06. The van der Waals surface area contributed by atoms with Crippen molar-refractivity contribution in [2.45, 2.75) is 12.5 Å². The number of carbonyl (C=O) groups excluding carboxylic acids is 2. The number of nitrogens with zero attached hydrogens (tertiary/aromatic N) is 2. The zero-order chi connectivity index (χ0) is 21.0. The van der Waals surface area contributed by atoms with Crippen LogP contribution in [0, 0.1) is 0 Å². The number of methoxy groups -OCH3 is 1. The second-order valence-electron chi connectivity index (χ2n) is 7.29. The van der Waals surface area contributed by atoms with Gasteiger partial charge in [0.25, 0.3) is 5.91 Å². The Bertz CT molecular complexity index is 907. The lowest BCUT2D eigenvalue weighted by molar-refractivity contribution is -0.858. The van der Waals surface area contributed by atoms with Crippen LogP contribution in [-0.4, -0.2) is 55.9 Å². The van der Waals surface area contributed by atoms with Gasteiger partial charge in [-0.2, -0.15) is 0 Å². The molecule has 2 aromatic rings. The van der Waals surface area contributed by atoms with Gasteiger partial charge in [0.1, 0.15) is 5.75 Å². The SMILES string of the molecule is COc1ccc(C2C(=C([O-])c3ccncc3)C(=O)C(=O)N2CCC[NH+](C)C)cc1. The van der Waals surface area contributed by atoms with Crippen LogP contribution >= 0.6 is 0 Å². The van der Waals surface area contributed by atoms with Crippen LogP contribution < -0.4 is 14.7 Å². The van der Waals surface area contributed by atoms with E-state index in [0.29, 0.717) is 23.4 Å². The monoisotopic (exact) mass is 395 g/mol. The number of likely N-dealkylation sites (tertiary alicyclic amines) is 1. The van der Waals surface area contributed by atoms with Crippen LogP contribution in [0.3, 0.4) is 0 Å². The first-order chi connectivity index (χ1) is 13.9. The highest BCUT2D eigenvalue weighted by atomic mass is 16.5. The van der Waals surface area contributed by atoms with E-state index in [1.54, 1.807) is 43.5 Å². The van der Waals surface area contributed by atoms with Crippen molar-refractivity contribution >= 4 is 17.4 Å². The molecule has 1 amide bonds. The number of Topliss-reactive ketones (excluding diaryl/α,β-unsaturated/α-hetero) is 1. The number of ether oxygens (including phenoxy) is 1. The third-order valence-electron chi connectivity index (χ3n) is 4.98. The van der Waals surface area contributed by atoms with Crippen molar-refractivity contribution < 1.29 is 24.3 Å². The highest BCUT2D eigenvalue weighted by Gasteiger charge is 2.43. The van der Waals surface area contributed by atoms with Crippen molar-refractivity contribution in [3.05, 3.63) is 65.5 Å². The highest BCUT2D eigenvalue weighted by molar-refractivity contribution is 6.46. The fourth-order valence-corrected chi connectivity index (χ4v) is 3.50. The number of hydrogen-bond donors (Lipinski definition) is 1. The van der Waals surface area contributed by atoms with Crippen LogP contribution in [-0.2, 0) is 9.59 Å². The number of benzene rings is 1. The molecule has 1 N–H and O–H groups in total. The highest BCUT2D eigenvalue weighted by Crippen LogP contribution is 2.39. The molecule has 29 heavy (non-hydrogen) atoms. The van der Waals surface area contributed by atoms with E-state index in [2.05, 4.69) is 4.98 Å². The lowest BCUT2D eigenvalue weighted by atomic mass is 9.95. The largest absolute Gasteiger partial charge is 0.872 e. The molecule has 0 radical (unpaired) electrons. The van der Waals surface area contributed by atoms with Gasteiger partial charge in [-0.1, -0.05) is 17.9 Å². The van der Waals surface area contributed by atoms with Gasteiger partial charge in [-0.3, -0.25) is 14.6 Å². The third kappa shape index (κ3) is 4.30. The van der Waals surface area contributed by atoms with Gasteiger partial charge in [0, 0.05) is 30.9 Å². The lowest BCUT2D eigenvalue weighted by Crippen LogP contribution is -3.05. The normalized spacial score (nSPS) is 18.5. The molecule has 0 bridgehead atoms. The van der Waals surface area contributed by atoms with Crippen molar-refractivity contribution in [1.82, 2.24) is 9.88 Å². The van der Waals surface area contributed by atoms with E-state index in [4.69, 9.17) is 4.74 Å². The quantitative estimate of drug-likeness (QED) is 0.400. The van der Waals surface area contributed by atoms with E-state index in [-0.39, 0.29) is 5.57 Å². The number of ketones is 1. The van der Waals surface area contributed by atoms with Gasteiger partial charge >= 0.3 is 0 Å². The summed E-state index contributed by atoms with van der Waals surface area (Å²) in [5.74, 6) is -1.14. The van der Waals surface area contributed by atoms with Gasteiger partial charge in [0.2, 0.25) is 5.78 Å². The van der Waals surface area contributed by atoms with Crippen LogP contribution in [0.5, 0.6) is 5.75 Å². The Labute approximate surface area is 170 Å². The van der Waals surface area contributed by atoms with Gasteiger partial charge < -0.3 is 19.6 Å². The van der Waals surface area contributed by atoms with E-state index < -0.39 is 23.5 Å². The molecule has 1 fully saturated rings. The third-order valence-corrected chi connectivity index (χ3v) is 4.98. The first-order valence-corrected chi connectivity index (χ1v) is 9.54. The molecule has 152 valence electrons. The lowest BCUT2D eigenvalue weighted by Gasteiger charge is -2.27. The molecule has 1 atom stereocenters. The number of amides is 1. The fourth-order valence-electron chi connectivity index (χ4n) is 3.50. The van der Waals surface area contributed by atoms with E-state index in [0.717, 1.165) is 13.0 Å². The summed E-state index contributed by atoms with van der Waals surface area (Å²) in [4.78, 5) is 32.3. The number of nitrogens with one attached hydrogen (secondary N) is 1.